The van der Waals surface area contributed by atoms with E-state index in [0.717, 1.165) is 0 Å². The van der Waals surface area contributed by atoms with Crippen LogP contribution in [0.3, 0.4) is 0 Å². The molecule has 0 aliphatic rings. The van der Waals surface area contributed by atoms with Crippen LogP contribution in [0.15, 0.2) is 30.3 Å². The fraction of sp³-hybridized carbons (Fsp3) is 0.571. The Morgan fingerprint density at radius 2 is 1.36 bits per heavy atom. The molecule has 0 nitrogen and oxygen atoms in total. The van der Waals surface area contributed by atoms with Gasteiger partial charge in [-0.15, -0.1) is 0 Å². The van der Waals surface area contributed by atoms with E-state index in [9.17, 15) is 0 Å². The van der Waals surface area contributed by atoms with Gasteiger partial charge >= 0.3 is 0 Å². The molecule has 0 fully saturated rings. The van der Waals surface area contributed by atoms with E-state index < -0.39 is 0 Å². The van der Waals surface area contributed by atoms with Gasteiger partial charge in [0, 0.05) is 0 Å². The van der Waals surface area contributed by atoms with Gasteiger partial charge in [0.2, 0.25) is 0 Å². The molecule has 0 bridgehead atoms. The summed E-state index contributed by atoms with van der Waals surface area (Å²) >= 11 is 0. The van der Waals surface area contributed by atoms with Crippen molar-refractivity contribution < 1.29 is 0 Å². The van der Waals surface area contributed by atoms with Crippen molar-refractivity contribution in [3.05, 3.63) is 35.9 Å². The standard InChI is InChI=1S/C14H22/c1-4-14(5-2,6-3)12-13-10-8-7-9-11-13/h7-11H,4-6,12H2,1-3H3. The van der Waals surface area contributed by atoms with Gasteiger partial charge in [0.1, 0.15) is 0 Å². The molecule has 0 N–H and O–H groups in total. The topological polar surface area (TPSA) is 0 Å². The van der Waals surface area contributed by atoms with E-state index >= 15 is 0 Å². The number of hydrogen-bond acceptors (Lipinski definition) is 0. The first-order chi connectivity index (χ1) is 6.76. The van der Waals surface area contributed by atoms with Crippen LogP contribution in [0.25, 0.3) is 0 Å². The summed E-state index contributed by atoms with van der Waals surface area (Å²) in [7, 11) is 0. The second-order valence-corrected chi connectivity index (χ2v) is 4.22. The highest BCUT2D eigenvalue weighted by atomic mass is 14.3. The van der Waals surface area contributed by atoms with Crippen molar-refractivity contribution in [3.8, 4) is 0 Å². The lowest BCUT2D eigenvalue weighted by atomic mass is 9.75. The first-order valence-electron chi connectivity index (χ1n) is 5.80. The zero-order valence-electron chi connectivity index (χ0n) is 9.72. The van der Waals surface area contributed by atoms with Gasteiger partial charge in [-0.25, -0.2) is 0 Å². The molecule has 0 heterocycles. The van der Waals surface area contributed by atoms with Gasteiger partial charge in [-0.2, -0.15) is 0 Å². The molecule has 0 saturated heterocycles. The van der Waals surface area contributed by atoms with Crippen LogP contribution in [0, 0.1) is 5.41 Å². The molecule has 0 radical (unpaired) electrons. The lowest BCUT2D eigenvalue weighted by Gasteiger charge is -2.30. The number of rotatable bonds is 5. The molecule has 14 heavy (non-hydrogen) atoms. The lowest BCUT2D eigenvalue weighted by molar-refractivity contribution is 0.248. The Kier molecular flexibility index (Phi) is 4.19. The van der Waals surface area contributed by atoms with Crippen LogP contribution in [0.5, 0.6) is 0 Å². The Morgan fingerprint density at radius 1 is 0.857 bits per heavy atom. The van der Waals surface area contributed by atoms with Gasteiger partial charge in [-0.3, -0.25) is 0 Å². The molecule has 0 saturated carbocycles. The smallest absolute Gasteiger partial charge is 0.0222 e. The Morgan fingerprint density at radius 3 is 1.79 bits per heavy atom. The molecule has 0 aliphatic carbocycles. The SMILES string of the molecule is CCC(CC)(CC)Cc1ccccc1. The Labute approximate surface area is 88.4 Å². The van der Waals surface area contributed by atoms with Gasteiger partial charge in [-0.05, 0) is 17.4 Å². The van der Waals surface area contributed by atoms with Crippen LogP contribution < -0.4 is 0 Å². The van der Waals surface area contributed by atoms with Crippen molar-refractivity contribution >= 4 is 0 Å². The highest BCUT2D eigenvalue weighted by molar-refractivity contribution is 5.16. The van der Waals surface area contributed by atoms with E-state index in [1.165, 1.54) is 31.2 Å². The summed E-state index contributed by atoms with van der Waals surface area (Å²) in [5, 5.41) is 0. The van der Waals surface area contributed by atoms with Crippen LogP contribution in [0.4, 0.5) is 0 Å². The summed E-state index contributed by atoms with van der Waals surface area (Å²) in [6, 6.07) is 10.9. The zero-order chi connectivity index (χ0) is 10.4. The molecule has 1 aromatic rings. The predicted octanol–water partition coefficient (Wildman–Crippen LogP) is 4.45. The summed E-state index contributed by atoms with van der Waals surface area (Å²) in [6.07, 6.45) is 5.09. The van der Waals surface area contributed by atoms with Gasteiger partial charge in [0.05, 0.1) is 0 Å². The molecular weight excluding hydrogens is 168 g/mol. The quantitative estimate of drug-likeness (QED) is 0.643. The van der Waals surface area contributed by atoms with Crippen molar-refractivity contribution in [1.82, 2.24) is 0 Å². The molecule has 0 amide bonds. The molecule has 0 spiro atoms. The van der Waals surface area contributed by atoms with E-state index in [-0.39, 0.29) is 0 Å². The van der Waals surface area contributed by atoms with Crippen molar-refractivity contribution in [2.24, 2.45) is 5.41 Å². The van der Waals surface area contributed by atoms with E-state index in [2.05, 4.69) is 51.1 Å². The van der Waals surface area contributed by atoms with E-state index in [1.54, 1.807) is 0 Å². The number of hydrogen-bond donors (Lipinski definition) is 0. The Balaban J connectivity index is 2.74. The second kappa shape index (κ2) is 5.19. The third-order valence-electron chi connectivity index (χ3n) is 3.67. The minimum atomic E-state index is 0.529. The maximum Gasteiger partial charge on any atom is -0.0222 e. The summed E-state index contributed by atoms with van der Waals surface area (Å²) in [4.78, 5) is 0. The van der Waals surface area contributed by atoms with Gasteiger partial charge in [0.15, 0.2) is 0 Å². The average Bonchev–Trinajstić information content (AvgIpc) is 2.28. The van der Waals surface area contributed by atoms with Crippen molar-refractivity contribution in [2.45, 2.75) is 46.5 Å². The van der Waals surface area contributed by atoms with Crippen LogP contribution >= 0.6 is 0 Å². The van der Waals surface area contributed by atoms with Crippen LogP contribution in [0.2, 0.25) is 0 Å². The molecule has 0 aliphatic heterocycles. The van der Waals surface area contributed by atoms with Crippen LogP contribution in [0.1, 0.15) is 45.6 Å². The first kappa shape index (κ1) is 11.3. The maximum atomic E-state index is 2.32. The molecule has 0 heteroatoms. The van der Waals surface area contributed by atoms with E-state index in [1.807, 2.05) is 0 Å². The monoisotopic (exact) mass is 190 g/mol. The third kappa shape index (κ3) is 2.60. The first-order valence-corrected chi connectivity index (χ1v) is 5.80. The molecule has 78 valence electrons. The van der Waals surface area contributed by atoms with Crippen molar-refractivity contribution in [1.29, 1.82) is 0 Å². The predicted molar refractivity (Wildman–Crippen MR) is 63.5 cm³/mol. The Hall–Kier alpha value is -0.780. The second-order valence-electron chi connectivity index (χ2n) is 4.22. The minimum Gasteiger partial charge on any atom is -0.0648 e. The summed E-state index contributed by atoms with van der Waals surface area (Å²) in [5.41, 5.74) is 2.01. The average molecular weight is 190 g/mol. The fourth-order valence-electron chi connectivity index (χ4n) is 2.15. The highest BCUT2D eigenvalue weighted by Crippen LogP contribution is 2.34. The molecule has 1 aromatic carbocycles. The molecule has 0 atom stereocenters. The van der Waals surface area contributed by atoms with E-state index in [4.69, 9.17) is 0 Å². The van der Waals surface area contributed by atoms with Gasteiger partial charge < -0.3 is 0 Å². The largest absolute Gasteiger partial charge is 0.0648 e. The summed E-state index contributed by atoms with van der Waals surface area (Å²) in [5.74, 6) is 0. The molecule has 0 aromatic heterocycles. The third-order valence-corrected chi connectivity index (χ3v) is 3.67. The van der Waals surface area contributed by atoms with Crippen molar-refractivity contribution in [2.75, 3.05) is 0 Å². The number of benzene rings is 1. The Bertz CT molecular complexity index is 236. The lowest BCUT2D eigenvalue weighted by Crippen LogP contribution is -2.20. The van der Waals surface area contributed by atoms with Crippen LogP contribution in [-0.4, -0.2) is 0 Å². The normalized spacial score (nSPS) is 11.6. The summed E-state index contributed by atoms with van der Waals surface area (Å²) < 4.78 is 0. The molecule has 0 unspecified atom stereocenters. The van der Waals surface area contributed by atoms with E-state index in [0.29, 0.717) is 5.41 Å². The summed E-state index contributed by atoms with van der Waals surface area (Å²) in [6.45, 7) is 6.95. The zero-order valence-corrected chi connectivity index (χ0v) is 9.72. The van der Waals surface area contributed by atoms with Crippen LogP contribution in [-0.2, 0) is 6.42 Å². The highest BCUT2D eigenvalue weighted by Gasteiger charge is 2.23. The maximum absolute atomic E-state index is 2.32. The van der Waals surface area contributed by atoms with Gasteiger partial charge in [-0.1, -0.05) is 70.4 Å². The van der Waals surface area contributed by atoms with Crippen molar-refractivity contribution in [3.63, 3.8) is 0 Å². The minimum absolute atomic E-state index is 0.529. The molecular formula is C14H22. The fourth-order valence-corrected chi connectivity index (χ4v) is 2.15. The van der Waals surface area contributed by atoms with Gasteiger partial charge in [0.25, 0.3) is 0 Å². The molecule has 1 rings (SSSR count).